The number of rotatable bonds is 5. The topological polar surface area (TPSA) is 79.5 Å². The number of amides is 1. The lowest BCUT2D eigenvalue weighted by molar-refractivity contribution is -0.117. The number of hydrogen-bond donors (Lipinski definition) is 0. The van der Waals surface area contributed by atoms with Gasteiger partial charge in [-0.05, 0) is 59.3 Å². The van der Waals surface area contributed by atoms with Crippen LogP contribution in [0.5, 0.6) is 5.75 Å². The van der Waals surface area contributed by atoms with Gasteiger partial charge in [-0.25, -0.2) is 4.98 Å². The number of benzene rings is 2. The first kappa shape index (κ1) is 19.4. The van der Waals surface area contributed by atoms with Crippen LogP contribution in [-0.2, 0) is 4.79 Å². The van der Waals surface area contributed by atoms with Gasteiger partial charge in [-0.1, -0.05) is 12.1 Å². The third kappa shape index (κ3) is 3.96. The lowest BCUT2D eigenvalue weighted by atomic mass is 10.2. The molecule has 1 aliphatic heterocycles. The van der Waals surface area contributed by atoms with Crippen molar-refractivity contribution < 1.29 is 9.53 Å². The Balaban J connectivity index is 1.54. The van der Waals surface area contributed by atoms with Gasteiger partial charge in [0, 0.05) is 15.4 Å². The Kier molecular flexibility index (Phi) is 5.50. The molecule has 9 heteroatoms. The van der Waals surface area contributed by atoms with E-state index in [4.69, 9.17) is 4.74 Å². The van der Waals surface area contributed by atoms with Crippen LogP contribution in [0.4, 0.5) is 10.8 Å². The van der Waals surface area contributed by atoms with Crippen molar-refractivity contribution in [1.29, 1.82) is 0 Å². The number of halogens is 1. The number of nitrogens with zero attached hydrogens (tertiary/aromatic N) is 5. The molecule has 0 saturated carbocycles. The summed E-state index contributed by atoms with van der Waals surface area (Å²) >= 11 is 4.78. The molecular formula is C20H16BrN5O2S. The van der Waals surface area contributed by atoms with Gasteiger partial charge in [0.25, 0.3) is 5.91 Å². The van der Waals surface area contributed by atoms with E-state index >= 15 is 0 Å². The van der Waals surface area contributed by atoms with Crippen molar-refractivity contribution in [3.63, 3.8) is 0 Å². The Labute approximate surface area is 179 Å². The molecule has 1 atom stereocenters. The standard InChI is InChI=1S/C20H16BrN5O2S/c1-12-18(24-23-16-6-4-3-5-15(16)21)19(27)26(25-12)20-22-17(11-29-20)13-7-9-14(28-2)10-8-13/h3-11,18H,1-2H3/t18-/m0/s1. The summed E-state index contributed by atoms with van der Waals surface area (Å²) in [6.07, 6.45) is 0. The number of anilines is 1. The molecule has 0 N–H and O–H groups in total. The number of methoxy groups -OCH3 is 1. The van der Waals surface area contributed by atoms with Crippen molar-refractivity contribution in [1.82, 2.24) is 4.98 Å². The van der Waals surface area contributed by atoms with Crippen LogP contribution in [0, 0.1) is 0 Å². The summed E-state index contributed by atoms with van der Waals surface area (Å²) in [7, 11) is 1.62. The van der Waals surface area contributed by atoms with Crippen LogP contribution in [0.15, 0.2) is 73.7 Å². The summed E-state index contributed by atoms with van der Waals surface area (Å²) in [4.78, 5) is 17.4. The van der Waals surface area contributed by atoms with Crippen molar-refractivity contribution in [3.8, 4) is 17.0 Å². The average molecular weight is 470 g/mol. The van der Waals surface area contributed by atoms with Crippen molar-refractivity contribution in [2.24, 2.45) is 15.3 Å². The second-order valence-corrected chi connectivity index (χ2v) is 7.90. The second kappa shape index (κ2) is 8.22. The molecule has 0 aliphatic carbocycles. The van der Waals surface area contributed by atoms with E-state index in [2.05, 4.69) is 36.2 Å². The van der Waals surface area contributed by atoms with Crippen LogP contribution in [0.1, 0.15) is 6.92 Å². The number of carbonyl (C=O) groups is 1. The smallest absolute Gasteiger partial charge is 0.282 e. The molecule has 7 nitrogen and oxygen atoms in total. The summed E-state index contributed by atoms with van der Waals surface area (Å²) in [5, 5.41) is 16.5. The van der Waals surface area contributed by atoms with Crippen LogP contribution < -0.4 is 9.75 Å². The summed E-state index contributed by atoms with van der Waals surface area (Å²) in [5.41, 5.74) is 2.94. The zero-order chi connectivity index (χ0) is 20.4. The predicted octanol–water partition coefficient (Wildman–Crippen LogP) is 5.46. The first-order valence-corrected chi connectivity index (χ1v) is 10.4. The van der Waals surface area contributed by atoms with Crippen LogP contribution in [0.3, 0.4) is 0 Å². The van der Waals surface area contributed by atoms with E-state index in [1.54, 1.807) is 14.0 Å². The van der Waals surface area contributed by atoms with Gasteiger partial charge in [0.1, 0.15) is 5.75 Å². The monoisotopic (exact) mass is 469 g/mol. The summed E-state index contributed by atoms with van der Waals surface area (Å²) in [5.74, 6) is 0.506. The van der Waals surface area contributed by atoms with E-state index in [0.717, 1.165) is 21.5 Å². The van der Waals surface area contributed by atoms with E-state index in [1.165, 1.54) is 16.3 Å². The summed E-state index contributed by atoms with van der Waals surface area (Å²) < 4.78 is 5.99. The average Bonchev–Trinajstić information content (AvgIpc) is 3.33. The highest BCUT2D eigenvalue weighted by Crippen LogP contribution is 2.32. The van der Waals surface area contributed by atoms with Gasteiger partial charge in [0.15, 0.2) is 6.04 Å². The van der Waals surface area contributed by atoms with E-state index in [9.17, 15) is 4.79 Å². The molecule has 4 rings (SSSR count). The van der Waals surface area contributed by atoms with E-state index in [1.807, 2.05) is 53.9 Å². The molecule has 0 radical (unpaired) electrons. The molecule has 146 valence electrons. The van der Waals surface area contributed by atoms with E-state index in [-0.39, 0.29) is 5.91 Å². The molecule has 0 spiro atoms. The number of thiazole rings is 1. The molecular weight excluding hydrogens is 454 g/mol. The van der Waals surface area contributed by atoms with Gasteiger partial charge >= 0.3 is 0 Å². The Morgan fingerprint density at radius 3 is 2.66 bits per heavy atom. The number of carbonyl (C=O) groups excluding carboxylic acids is 1. The summed E-state index contributed by atoms with van der Waals surface area (Å²) in [6, 6.07) is 14.3. The Morgan fingerprint density at radius 1 is 1.17 bits per heavy atom. The van der Waals surface area contributed by atoms with Crippen molar-refractivity contribution in [2.45, 2.75) is 13.0 Å². The zero-order valence-corrected chi connectivity index (χ0v) is 18.0. The highest BCUT2D eigenvalue weighted by Gasteiger charge is 2.36. The van der Waals surface area contributed by atoms with Gasteiger partial charge in [0.05, 0.1) is 24.2 Å². The third-order valence-corrected chi connectivity index (χ3v) is 5.78. The SMILES string of the molecule is COc1ccc(-c2csc(N3N=C(C)[C@H](N=Nc4ccccc4Br)C3=O)n2)cc1. The molecule has 1 amide bonds. The number of azo groups is 1. The maximum absolute atomic E-state index is 12.8. The molecule has 0 saturated heterocycles. The molecule has 2 aromatic carbocycles. The van der Waals surface area contributed by atoms with Gasteiger partial charge in [0.2, 0.25) is 5.13 Å². The number of ether oxygens (including phenoxy) is 1. The minimum Gasteiger partial charge on any atom is -0.497 e. The highest BCUT2D eigenvalue weighted by atomic mass is 79.9. The minimum atomic E-state index is -0.754. The van der Waals surface area contributed by atoms with Crippen molar-refractivity contribution in [3.05, 3.63) is 58.4 Å². The van der Waals surface area contributed by atoms with Crippen LogP contribution in [-0.4, -0.2) is 29.8 Å². The molecule has 0 fully saturated rings. The molecule has 1 aromatic heterocycles. The second-order valence-electron chi connectivity index (χ2n) is 6.20. The van der Waals surface area contributed by atoms with Crippen LogP contribution in [0.2, 0.25) is 0 Å². The Bertz CT molecular complexity index is 1110. The largest absolute Gasteiger partial charge is 0.497 e. The molecule has 0 bridgehead atoms. The van der Waals surface area contributed by atoms with Crippen molar-refractivity contribution >= 4 is 49.7 Å². The highest BCUT2D eigenvalue weighted by molar-refractivity contribution is 9.10. The van der Waals surface area contributed by atoms with Gasteiger partial charge < -0.3 is 4.74 Å². The van der Waals surface area contributed by atoms with Gasteiger partial charge in [-0.15, -0.1) is 11.3 Å². The third-order valence-electron chi connectivity index (χ3n) is 4.29. The molecule has 3 aromatic rings. The van der Waals surface area contributed by atoms with Gasteiger partial charge in [-0.3, -0.25) is 4.79 Å². The molecule has 0 unspecified atom stereocenters. The first-order valence-electron chi connectivity index (χ1n) is 8.71. The fourth-order valence-electron chi connectivity index (χ4n) is 2.73. The predicted molar refractivity (Wildman–Crippen MR) is 117 cm³/mol. The Hall–Kier alpha value is -2.91. The zero-order valence-electron chi connectivity index (χ0n) is 15.6. The first-order chi connectivity index (χ1) is 14.1. The number of hydrazone groups is 1. The molecule has 1 aliphatic rings. The lowest BCUT2D eigenvalue weighted by Crippen LogP contribution is -2.29. The number of aromatic nitrogens is 1. The maximum Gasteiger partial charge on any atom is 0.282 e. The van der Waals surface area contributed by atoms with E-state index in [0.29, 0.717) is 16.5 Å². The van der Waals surface area contributed by atoms with Gasteiger partial charge in [-0.2, -0.15) is 20.3 Å². The summed E-state index contributed by atoms with van der Waals surface area (Å²) in [6.45, 7) is 1.76. The van der Waals surface area contributed by atoms with E-state index < -0.39 is 6.04 Å². The quantitative estimate of drug-likeness (QED) is 0.465. The van der Waals surface area contributed by atoms with Crippen LogP contribution in [0.25, 0.3) is 11.3 Å². The van der Waals surface area contributed by atoms with Crippen molar-refractivity contribution in [2.75, 3.05) is 12.1 Å². The minimum absolute atomic E-state index is 0.270. The fourth-order valence-corrected chi connectivity index (χ4v) is 3.89. The molecule has 2 heterocycles. The normalized spacial score (nSPS) is 16.5. The maximum atomic E-state index is 12.8. The fraction of sp³-hybridized carbons (Fsp3) is 0.150. The molecule has 29 heavy (non-hydrogen) atoms. The Morgan fingerprint density at radius 2 is 1.93 bits per heavy atom. The van der Waals surface area contributed by atoms with Crippen LogP contribution >= 0.6 is 27.3 Å². The number of hydrogen-bond acceptors (Lipinski definition) is 7. The lowest BCUT2D eigenvalue weighted by Gasteiger charge is -2.08.